The average Bonchev–Trinajstić information content (AvgIpc) is 2.47. The molecular weight excluding hydrogens is 180 g/mol. The first kappa shape index (κ1) is 7.27. The molecule has 0 spiro atoms. The molecule has 3 rings (SSSR count). The van der Waals surface area contributed by atoms with Crippen LogP contribution in [0.15, 0.2) is 51.3 Å². The molecule has 0 fully saturated rings. The smallest absolute Gasteiger partial charge is 0.161 e. The highest BCUT2D eigenvalue weighted by Crippen LogP contribution is 2.25. The van der Waals surface area contributed by atoms with Crippen LogP contribution < -0.4 is 0 Å². The first-order chi connectivity index (χ1) is 6.43. The molecule has 2 heteroatoms. The van der Waals surface area contributed by atoms with Crippen LogP contribution >= 0.6 is 0 Å². The minimum Gasteiger partial charge on any atom is -0.464 e. The zero-order chi connectivity index (χ0) is 8.67. The SMILES string of the molecule is C1=C[S+](c2ccc3occc3c2)C1. The highest BCUT2D eigenvalue weighted by atomic mass is 32.2. The van der Waals surface area contributed by atoms with E-state index >= 15 is 0 Å². The van der Waals surface area contributed by atoms with Gasteiger partial charge in [0.2, 0.25) is 0 Å². The minimum atomic E-state index is 0.378. The topological polar surface area (TPSA) is 13.1 Å². The molecule has 1 aliphatic rings. The maximum Gasteiger partial charge on any atom is 0.161 e. The van der Waals surface area contributed by atoms with Crippen molar-refractivity contribution in [3.05, 3.63) is 42.0 Å². The molecule has 2 aromatic rings. The van der Waals surface area contributed by atoms with Gasteiger partial charge in [0.1, 0.15) is 16.7 Å². The molecule has 0 bridgehead atoms. The van der Waals surface area contributed by atoms with Crippen LogP contribution in [0, 0.1) is 0 Å². The van der Waals surface area contributed by atoms with Crippen LogP contribution in [0.3, 0.4) is 0 Å². The van der Waals surface area contributed by atoms with Crippen LogP contribution in [0.4, 0.5) is 0 Å². The van der Waals surface area contributed by atoms with Gasteiger partial charge in [-0.3, -0.25) is 0 Å². The van der Waals surface area contributed by atoms with Gasteiger partial charge in [0, 0.05) is 17.5 Å². The van der Waals surface area contributed by atoms with E-state index in [4.69, 9.17) is 4.42 Å². The summed E-state index contributed by atoms with van der Waals surface area (Å²) in [7, 11) is 0.378. The maximum atomic E-state index is 5.29. The van der Waals surface area contributed by atoms with Gasteiger partial charge in [-0.15, -0.1) is 0 Å². The highest BCUT2D eigenvalue weighted by Gasteiger charge is 2.24. The lowest BCUT2D eigenvalue weighted by Gasteiger charge is -2.06. The summed E-state index contributed by atoms with van der Waals surface area (Å²) >= 11 is 0. The summed E-state index contributed by atoms with van der Waals surface area (Å²) in [6.07, 6.45) is 3.97. The van der Waals surface area contributed by atoms with Gasteiger partial charge in [-0.05, 0) is 18.2 Å². The van der Waals surface area contributed by atoms with Crippen LogP contribution in [-0.2, 0) is 10.9 Å². The van der Waals surface area contributed by atoms with Gasteiger partial charge in [0.15, 0.2) is 4.90 Å². The molecule has 1 unspecified atom stereocenters. The van der Waals surface area contributed by atoms with Gasteiger partial charge in [0.25, 0.3) is 0 Å². The van der Waals surface area contributed by atoms with Gasteiger partial charge >= 0.3 is 0 Å². The fraction of sp³-hybridized carbons (Fsp3) is 0.0909. The number of rotatable bonds is 1. The Morgan fingerprint density at radius 3 is 2.92 bits per heavy atom. The second-order valence-electron chi connectivity index (χ2n) is 3.09. The molecule has 0 aliphatic carbocycles. The van der Waals surface area contributed by atoms with Crippen LogP contribution in [0.5, 0.6) is 0 Å². The molecule has 2 heterocycles. The van der Waals surface area contributed by atoms with Crippen molar-refractivity contribution in [3.63, 3.8) is 0 Å². The predicted octanol–water partition coefficient (Wildman–Crippen LogP) is 2.94. The third-order valence-electron chi connectivity index (χ3n) is 2.26. The van der Waals surface area contributed by atoms with Crippen molar-refractivity contribution < 1.29 is 4.42 Å². The predicted molar refractivity (Wildman–Crippen MR) is 55.9 cm³/mol. The largest absolute Gasteiger partial charge is 0.464 e. The number of furan rings is 1. The molecule has 1 aliphatic heterocycles. The van der Waals surface area contributed by atoms with Crippen LogP contribution in [0.25, 0.3) is 11.0 Å². The molecule has 1 aromatic heterocycles. The van der Waals surface area contributed by atoms with Crippen LogP contribution in [-0.4, -0.2) is 5.75 Å². The fourth-order valence-corrected chi connectivity index (χ4v) is 2.73. The Balaban J connectivity index is 2.14. The molecule has 0 saturated heterocycles. The maximum absolute atomic E-state index is 5.29. The van der Waals surface area contributed by atoms with Gasteiger partial charge in [-0.2, -0.15) is 0 Å². The standard InChI is InChI=1S/C11H9OS/c1-6-13(7-1)10-2-3-11-9(8-10)4-5-12-11/h1-6,8H,7H2/q+1. The van der Waals surface area contributed by atoms with Crippen molar-refractivity contribution in [1.29, 1.82) is 0 Å². The number of hydrogen-bond acceptors (Lipinski definition) is 1. The molecule has 13 heavy (non-hydrogen) atoms. The van der Waals surface area contributed by atoms with E-state index in [1.807, 2.05) is 6.07 Å². The molecule has 64 valence electrons. The Kier molecular flexibility index (Phi) is 1.49. The van der Waals surface area contributed by atoms with Crippen molar-refractivity contribution in [3.8, 4) is 0 Å². The van der Waals surface area contributed by atoms with E-state index in [1.54, 1.807) is 6.26 Å². The number of hydrogen-bond donors (Lipinski definition) is 0. The van der Waals surface area contributed by atoms with Gasteiger partial charge in [-0.1, -0.05) is 0 Å². The number of benzene rings is 1. The monoisotopic (exact) mass is 189 g/mol. The van der Waals surface area contributed by atoms with E-state index in [0.717, 1.165) is 5.58 Å². The highest BCUT2D eigenvalue weighted by molar-refractivity contribution is 8.01. The Morgan fingerprint density at radius 2 is 2.15 bits per heavy atom. The van der Waals surface area contributed by atoms with Crippen molar-refractivity contribution >= 4 is 21.9 Å². The molecule has 0 N–H and O–H groups in total. The molecule has 1 aromatic carbocycles. The molecule has 1 atom stereocenters. The first-order valence-corrected chi connectivity index (χ1v) is 5.73. The summed E-state index contributed by atoms with van der Waals surface area (Å²) in [6.45, 7) is 0. The van der Waals surface area contributed by atoms with Gasteiger partial charge in [0.05, 0.1) is 17.2 Å². The van der Waals surface area contributed by atoms with Crippen LogP contribution in [0.2, 0.25) is 0 Å². The summed E-state index contributed by atoms with van der Waals surface area (Å²) in [5, 5.41) is 3.49. The minimum absolute atomic E-state index is 0.378. The van der Waals surface area contributed by atoms with E-state index in [2.05, 4.69) is 29.7 Å². The summed E-state index contributed by atoms with van der Waals surface area (Å²) in [6, 6.07) is 8.47. The zero-order valence-corrected chi connectivity index (χ0v) is 7.88. The van der Waals surface area contributed by atoms with E-state index in [-0.39, 0.29) is 0 Å². The third-order valence-corrected chi connectivity index (χ3v) is 4.19. The molecule has 0 amide bonds. The summed E-state index contributed by atoms with van der Waals surface area (Å²) in [4.78, 5) is 1.43. The first-order valence-electron chi connectivity index (χ1n) is 4.27. The van der Waals surface area contributed by atoms with Crippen molar-refractivity contribution in [1.82, 2.24) is 0 Å². The zero-order valence-electron chi connectivity index (χ0n) is 7.07. The van der Waals surface area contributed by atoms with Crippen LogP contribution in [0.1, 0.15) is 0 Å². The molecule has 0 radical (unpaired) electrons. The Morgan fingerprint density at radius 1 is 1.23 bits per heavy atom. The lowest BCUT2D eigenvalue weighted by molar-refractivity contribution is 0.615. The lowest BCUT2D eigenvalue weighted by Crippen LogP contribution is -2.09. The Hall–Kier alpha value is -1.15. The van der Waals surface area contributed by atoms with Crippen molar-refractivity contribution in [2.75, 3.05) is 5.75 Å². The fourth-order valence-electron chi connectivity index (χ4n) is 1.48. The summed E-state index contributed by atoms with van der Waals surface area (Å²) in [5.74, 6) is 1.21. The van der Waals surface area contributed by atoms with Gasteiger partial charge < -0.3 is 4.42 Å². The molecular formula is C11H9OS+. The quantitative estimate of drug-likeness (QED) is 0.629. The van der Waals surface area contributed by atoms with E-state index < -0.39 is 0 Å². The summed E-state index contributed by atoms with van der Waals surface area (Å²) in [5.41, 5.74) is 0.983. The van der Waals surface area contributed by atoms with Crippen molar-refractivity contribution in [2.24, 2.45) is 0 Å². The summed E-state index contributed by atoms with van der Waals surface area (Å²) < 4.78 is 5.29. The van der Waals surface area contributed by atoms with E-state index in [9.17, 15) is 0 Å². The Bertz CT molecular complexity index is 470. The van der Waals surface area contributed by atoms with E-state index in [0.29, 0.717) is 10.9 Å². The van der Waals surface area contributed by atoms with Gasteiger partial charge in [-0.25, -0.2) is 0 Å². The number of fused-ring (bicyclic) bond motifs is 1. The Labute approximate surface area is 79.4 Å². The average molecular weight is 189 g/mol. The lowest BCUT2D eigenvalue weighted by atomic mass is 10.3. The second-order valence-corrected chi connectivity index (χ2v) is 5.02. The normalized spacial score (nSPS) is 20.5. The third kappa shape index (κ3) is 1.10. The molecule has 1 nitrogen and oxygen atoms in total. The second kappa shape index (κ2) is 2.67. The van der Waals surface area contributed by atoms with E-state index in [1.165, 1.54) is 16.0 Å². The van der Waals surface area contributed by atoms with Crippen molar-refractivity contribution in [2.45, 2.75) is 4.90 Å². The molecule has 0 saturated carbocycles.